The fourth-order valence-corrected chi connectivity index (χ4v) is 4.03. The van der Waals surface area contributed by atoms with Gasteiger partial charge in [0.1, 0.15) is 6.61 Å². The third-order valence-corrected chi connectivity index (χ3v) is 5.79. The summed E-state index contributed by atoms with van der Waals surface area (Å²) in [5.41, 5.74) is 1.04. The van der Waals surface area contributed by atoms with Crippen LogP contribution in [0.15, 0.2) is 42.5 Å². The number of rotatable bonds is 4. The van der Waals surface area contributed by atoms with E-state index in [1.54, 1.807) is 11.0 Å². The van der Waals surface area contributed by atoms with Crippen molar-refractivity contribution in [2.75, 3.05) is 39.6 Å². The van der Waals surface area contributed by atoms with E-state index in [0.29, 0.717) is 50.5 Å². The van der Waals surface area contributed by atoms with Crippen molar-refractivity contribution in [3.63, 3.8) is 0 Å². The molecule has 0 N–H and O–H groups in total. The molecule has 0 aliphatic carbocycles. The molecule has 3 aliphatic heterocycles. The van der Waals surface area contributed by atoms with E-state index in [-0.39, 0.29) is 25.2 Å². The Bertz CT molecular complexity index is 986. The van der Waals surface area contributed by atoms with Crippen molar-refractivity contribution in [2.24, 2.45) is 0 Å². The lowest BCUT2D eigenvalue weighted by Gasteiger charge is -2.37. The normalized spacial score (nSPS) is 19.3. The van der Waals surface area contributed by atoms with Crippen LogP contribution in [0.25, 0.3) is 0 Å². The maximum atomic E-state index is 12.8. The van der Waals surface area contributed by atoms with Gasteiger partial charge in [-0.05, 0) is 36.2 Å². The molecule has 0 bridgehead atoms. The molecule has 0 saturated carbocycles. The van der Waals surface area contributed by atoms with E-state index in [0.717, 1.165) is 17.1 Å². The molecule has 1 saturated heterocycles. The van der Waals surface area contributed by atoms with Crippen LogP contribution in [0.3, 0.4) is 0 Å². The number of nitrogens with zero attached hydrogens (tertiary/aromatic N) is 2. The maximum Gasteiger partial charge on any atom is 0.267 e. The van der Waals surface area contributed by atoms with Crippen molar-refractivity contribution in [3.8, 4) is 23.0 Å². The summed E-state index contributed by atoms with van der Waals surface area (Å²) in [7, 11) is 0. The Morgan fingerprint density at radius 1 is 0.839 bits per heavy atom. The Kier molecular flexibility index (Phi) is 5.28. The van der Waals surface area contributed by atoms with E-state index >= 15 is 0 Å². The van der Waals surface area contributed by atoms with Crippen molar-refractivity contribution in [1.82, 2.24) is 9.80 Å². The van der Waals surface area contributed by atoms with Crippen molar-refractivity contribution in [1.29, 1.82) is 0 Å². The molecular weight excluding hydrogens is 400 g/mol. The molecule has 3 aliphatic rings. The first-order valence-electron chi connectivity index (χ1n) is 10.5. The Labute approximate surface area is 180 Å². The highest BCUT2D eigenvalue weighted by atomic mass is 16.7. The van der Waals surface area contributed by atoms with Crippen molar-refractivity contribution >= 4 is 11.8 Å². The minimum atomic E-state index is -0.650. The second kappa shape index (κ2) is 8.37. The second-order valence-electron chi connectivity index (χ2n) is 7.76. The Morgan fingerprint density at radius 3 is 2.39 bits per heavy atom. The lowest BCUT2D eigenvalue weighted by Crippen LogP contribution is -2.55. The van der Waals surface area contributed by atoms with Crippen LogP contribution in [0.1, 0.15) is 12.0 Å². The standard InChI is InChI=1S/C23H24N2O6/c26-22(8-6-16-5-7-18-20(13-16)30-15-29-18)24-9-11-25(12-10-24)23(27)21-14-28-17-3-1-2-4-19(17)31-21/h1-5,7,13,21H,6,8-12,14-15H2. The largest absolute Gasteiger partial charge is 0.485 e. The highest BCUT2D eigenvalue weighted by Crippen LogP contribution is 2.33. The number of piperazine rings is 1. The molecule has 2 aromatic rings. The maximum absolute atomic E-state index is 12.8. The second-order valence-corrected chi connectivity index (χ2v) is 7.76. The number of amides is 2. The van der Waals surface area contributed by atoms with Crippen LogP contribution in [-0.2, 0) is 16.0 Å². The average Bonchev–Trinajstić information content (AvgIpc) is 3.30. The van der Waals surface area contributed by atoms with Crippen molar-refractivity contribution in [3.05, 3.63) is 48.0 Å². The Morgan fingerprint density at radius 2 is 1.55 bits per heavy atom. The van der Waals surface area contributed by atoms with Gasteiger partial charge in [-0.25, -0.2) is 0 Å². The first-order chi connectivity index (χ1) is 15.2. The van der Waals surface area contributed by atoms with E-state index in [2.05, 4.69) is 0 Å². The van der Waals surface area contributed by atoms with Crippen molar-refractivity contribution in [2.45, 2.75) is 18.9 Å². The summed E-state index contributed by atoms with van der Waals surface area (Å²) < 4.78 is 22.2. The topological polar surface area (TPSA) is 77.5 Å². The number of para-hydroxylation sites is 2. The summed E-state index contributed by atoms with van der Waals surface area (Å²) in [6, 6.07) is 13.1. The van der Waals surface area contributed by atoms with Crippen LogP contribution in [0.4, 0.5) is 0 Å². The quantitative estimate of drug-likeness (QED) is 0.746. The summed E-state index contributed by atoms with van der Waals surface area (Å²) >= 11 is 0. The van der Waals surface area contributed by atoms with Gasteiger partial charge < -0.3 is 28.7 Å². The third kappa shape index (κ3) is 4.10. The molecule has 1 unspecified atom stereocenters. The van der Waals surface area contributed by atoms with E-state index in [1.807, 2.05) is 41.3 Å². The SMILES string of the molecule is O=C(CCc1ccc2c(c1)OCO2)N1CCN(C(=O)C2COc3ccccc3O2)CC1. The first kappa shape index (κ1) is 19.5. The van der Waals surface area contributed by atoms with E-state index < -0.39 is 6.10 Å². The summed E-state index contributed by atoms with van der Waals surface area (Å²) in [4.78, 5) is 29.1. The monoisotopic (exact) mass is 424 g/mol. The van der Waals surface area contributed by atoms with Gasteiger partial charge in [0.25, 0.3) is 5.91 Å². The lowest BCUT2D eigenvalue weighted by molar-refractivity contribution is -0.146. The fourth-order valence-electron chi connectivity index (χ4n) is 4.03. The molecule has 5 rings (SSSR count). The minimum Gasteiger partial charge on any atom is -0.485 e. The summed E-state index contributed by atoms with van der Waals surface area (Å²) in [5, 5.41) is 0. The summed E-state index contributed by atoms with van der Waals surface area (Å²) in [6.45, 7) is 2.48. The van der Waals surface area contributed by atoms with Gasteiger partial charge in [-0.1, -0.05) is 18.2 Å². The van der Waals surface area contributed by atoms with E-state index in [1.165, 1.54) is 0 Å². The van der Waals surface area contributed by atoms with Crippen LogP contribution in [0.2, 0.25) is 0 Å². The zero-order valence-electron chi connectivity index (χ0n) is 17.1. The minimum absolute atomic E-state index is 0.0935. The average molecular weight is 424 g/mol. The number of hydrogen-bond donors (Lipinski definition) is 0. The van der Waals surface area contributed by atoms with Gasteiger partial charge in [-0.2, -0.15) is 0 Å². The molecule has 31 heavy (non-hydrogen) atoms. The van der Waals surface area contributed by atoms with Crippen molar-refractivity contribution < 1.29 is 28.5 Å². The molecule has 162 valence electrons. The Hall–Kier alpha value is -3.42. The highest BCUT2D eigenvalue weighted by Gasteiger charge is 2.33. The van der Waals surface area contributed by atoms with Gasteiger partial charge in [0.05, 0.1) is 0 Å². The molecule has 1 fully saturated rings. The molecule has 0 aromatic heterocycles. The third-order valence-electron chi connectivity index (χ3n) is 5.79. The van der Waals surface area contributed by atoms with Gasteiger partial charge >= 0.3 is 0 Å². The fraction of sp³-hybridized carbons (Fsp3) is 0.391. The Balaban J connectivity index is 1.10. The first-order valence-corrected chi connectivity index (χ1v) is 10.5. The van der Waals surface area contributed by atoms with Crippen LogP contribution in [0.5, 0.6) is 23.0 Å². The van der Waals surface area contributed by atoms with E-state index in [9.17, 15) is 9.59 Å². The van der Waals surface area contributed by atoms with Crippen LogP contribution < -0.4 is 18.9 Å². The van der Waals surface area contributed by atoms with Crippen LogP contribution >= 0.6 is 0 Å². The number of fused-ring (bicyclic) bond motifs is 2. The van der Waals surface area contributed by atoms with E-state index in [4.69, 9.17) is 18.9 Å². The van der Waals surface area contributed by atoms with Crippen LogP contribution in [-0.4, -0.2) is 67.3 Å². The predicted octanol–water partition coefficient (Wildman–Crippen LogP) is 1.86. The number of aryl methyl sites for hydroxylation is 1. The lowest BCUT2D eigenvalue weighted by atomic mass is 10.1. The predicted molar refractivity (Wildman–Crippen MR) is 110 cm³/mol. The molecule has 0 radical (unpaired) electrons. The number of benzene rings is 2. The smallest absolute Gasteiger partial charge is 0.267 e. The molecule has 1 atom stereocenters. The number of carbonyl (C=O) groups is 2. The van der Waals surface area contributed by atoms with Crippen LogP contribution in [0, 0.1) is 0 Å². The molecule has 2 aromatic carbocycles. The molecular formula is C23H24N2O6. The summed E-state index contributed by atoms with van der Waals surface area (Å²) in [6.07, 6.45) is 0.411. The number of carbonyl (C=O) groups excluding carboxylic acids is 2. The van der Waals surface area contributed by atoms with Gasteiger partial charge in [0.15, 0.2) is 23.0 Å². The zero-order valence-corrected chi connectivity index (χ0v) is 17.1. The van der Waals surface area contributed by atoms with Gasteiger partial charge in [-0.3, -0.25) is 9.59 Å². The highest BCUT2D eigenvalue weighted by molar-refractivity contribution is 5.82. The summed E-state index contributed by atoms with van der Waals surface area (Å²) in [5.74, 6) is 2.71. The van der Waals surface area contributed by atoms with Gasteiger partial charge in [0.2, 0.25) is 18.8 Å². The molecule has 0 spiro atoms. The zero-order chi connectivity index (χ0) is 21.2. The molecule has 8 heteroatoms. The molecule has 3 heterocycles. The molecule has 8 nitrogen and oxygen atoms in total. The number of ether oxygens (including phenoxy) is 4. The number of hydrogen-bond acceptors (Lipinski definition) is 6. The van der Waals surface area contributed by atoms with Gasteiger partial charge in [-0.15, -0.1) is 0 Å². The van der Waals surface area contributed by atoms with Gasteiger partial charge in [0, 0.05) is 32.6 Å². The molecule has 2 amide bonds.